The van der Waals surface area contributed by atoms with Gasteiger partial charge in [-0.15, -0.1) is 90.7 Å². The number of rotatable bonds is 25. The summed E-state index contributed by atoms with van der Waals surface area (Å²) in [4.78, 5) is 17.9. The van der Waals surface area contributed by atoms with E-state index in [2.05, 4.69) is 114 Å². The predicted molar refractivity (Wildman–Crippen MR) is 295 cm³/mol. The minimum atomic E-state index is -3.79. The molecule has 350 valence electrons. The Morgan fingerprint density at radius 2 is 0.606 bits per heavy atom. The van der Waals surface area contributed by atoms with Gasteiger partial charge in [0.1, 0.15) is 0 Å². The maximum atomic E-state index is 15.3. The molecule has 0 unspecified atom stereocenters. The van der Waals surface area contributed by atoms with Crippen molar-refractivity contribution in [3.8, 4) is 68.3 Å². The third-order valence-electron chi connectivity index (χ3n) is 10.6. The zero-order valence-electron chi connectivity index (χ0n) is 38.2. The molecule has 0 aromatic carbocycles. The Morgan fingerprint density at radius 3 is 0.879 bits per heavy atom. The van der Waals surface area contributed by atoms with Crippen LogP contribution in [-0.2, 0) is 27.2 Å². The molecule has 0 bridgehead atoms. The highest BCUT2D eigenvalue weighted by Crippen LogP contribution is 2.58. The van der Waals surface area contributed by atoms with E-state index in [0.29, 0.717) is 37.0 Å². The first-order chi connectivity index (χ1) is 32.0. The largest absolute Gasteiger partial charge is 0.362 e. The van der Waals surface area contributed by atoms with Crippen molar-refractivity contribution in [2.75, 3.05) is 26.4 Å². The van der Waals surface area contributed by atoms with Gasteiger partial charge in [-0.3, -0.25) is 9.13 Å². The van der Waals surface area contributed by atoms with E-state index in [1.807, 2.05) is 34.8 Å². The Labute approximate surface area is 422 Å². The quantitative estimate of drug-likeness (QED) is 0.0419. The van der Waals surface area contributed by atoms with E-state index in [0.717, 1.165) is 90.4 Å². The second kappa shape index (κ2) is 23.2. The van der Waals surface area contributed by atoms with Crippen LogP contribution in [0.2, 0.25) is 0 Å². The summed E-state index contributed by atoms with van der Waals surface area (Å²) in [6.45, 7) is 14.0. The van der Waals surface area contributed by atoms with Crippen molar-refractivity contribution < 1.29 is 27.2 Å². The smallest absolute Gasteiger partial charge is 0.305 e. The highest BCUT2D eigenvalue weighted by atomic mass is 32.1. The Bertz CT molecular complexity index is 2690. The van der Waals surface area contributed by atoms with Crippen molar-refractivity contribution in [2.45, 2.75) is 92.9 Å². The lowest BCUT2D eigenvalue weighted by molar-refractivity contribution is 0.208. The van der Waals surface area contributed by atoms with Crippen LogP contribution in [0.4, 0.5) is 0 Å². The van der Waals surface area contributed by atoms with E-state index in [-0.39, 0.29) is 0 Å². The van der Waals surface area contributed by atoms with Gasteiger partial charge in [0.25, 0.3) is 0 Å². The van der Waals surface area contributed by atoms with E-state index in [9.17, 15) is 0 Å². The van der Waals surface area contributed by atoms with Crippen molar-refractivity contribution in [2.24, 2.45) is 0 Å². The van der Waals surface area contributed by atoms with Crippen LogP contribution in [0.15, 0.2) is 84.9 Å². The van der Waals surface area contributed by atoms with Crippen LogP contribution < -0.4 is 10.6 Å². The van der Waals surface area contributed by atoms with E-state index in [4.69, 9.17) is 18.1 Å². The summed E-state index contributed by atoms with van der Waals surface area (Å²) in [5, 5.41) is 1.16. The molecule has 8 heterocycles. The van der Waals surface area contributed by atoms with Crippen LogP contribution in [0, 0.1) is 13.8 Å². The fraction of sp³-hybridized carbons (Fsp3) is 0.360. The van der Waals surface area contributed by atoms with Gasteiger partial charge in [0, 0.05) is 68.3 Å². The summed E-state index contributed by atoms with van der Waals surface area (Å²) in [5.41, 5.74) is 0. The van der Waals surface area contributed by atoms with Crippen LogP contribution >= 0.6 is 106 Å². The molecule has 0 fully saturated rings. The Morgan fingerprint density at radius 1 is 0.348 bits per heavy atom. The molecule has 8 rings (SSSR count). The first kappa shape index (κ1) is 50.3. The molecule has 6 nitrogen and oxygen atoms in total. The van der Waals surface area contributed by atoms with Gasteiger partial charge in [-0.1, -0.05) is 53.4 Å². The lowest BCUT2D eigenvalue weighted by Crippen LogP contribution is -2.12. The maximum absolute atomic E-state index is 15.3. The molecule has 16 heteroatoms. The minimum Gasteiger partial charge on any atom is -0.305 e. The molecule has 0 saturated carbocycles. The highest BCUT2D eigenvalue weighted by molar-refractivity contribution is 7.64. The third-order valence-corrected chi connectivity index (χ3v) is 24.8. The van der Waals surface area contributed by atoms with Crippen LogP contribution in [0.1, 0.15) is 88.8 Å². The second-order valence-electron chi connectivity index (χ2n) is 15.9. The molecule has 66 heavy (non-hydrogen) atoms. The lowest BCUT2D eigenvalue weighted by atomic mass is 10.3. The van der Waals surface area contributed by atoms with Crippen molar-refractivity contribution >= 4 is 116 Å². The van der Waals surface area contributed by atoms with Crippen LogP contribution in [0.3, 0.4) is 0 Å². The highest BCUT2D eigenvalue weighted by Gasteiger charge is 2.37. The van der Waals surface area contributed by atoms with Gasteiger partial charge >= 0.3 is 15.2 Å². The van der Waals surface area contributed by atoms with Crippen LogP contribution in [-0.4, -0.2) is 26.4 Å². The topological polar surface area (TPSA) is 71.1 Å². The SMILES string of the molecule is CCCCOP(=O)(OCCCC)c1cc(-c2cc(P(=O)(OCCCC)OCCCC)c(-c3ccc(-c4ccc(-c5ccc(C)s5)s4)s3)s2)sc1-c1ccc(-c2ccc(-c3ccc(C)s3)s2)s1. The van der Waals surface area contributed by atoms with Crippen molar-refractivity contribution in [1.29, 1.82) is 0 Å². The average molecular weight is 1070 g/mol. The Balaban J connectivity index is 1.24. The molecule has 0 spiro atoms. The summed E-state index contributed by atoms with van der Waals surface area (Å²) in [6.07, 6.45) is 6.72. The molecular weight excluding hydrogens is 1020 g/mol. The summed E-state index contributed by atoms with van der Waals surface area (Å²) in [7, 11) is -7.57. The van der Waals surface area contributed by atoms with Gasteiger partial charge in [0.05, 0.1) is 46.8 Å². The maximum Gasteiger partial charge on any atom is 0.362 e. The van der Waals surface area contributed by atoms with Crippen molar-refractivity contribution in [1.82, 2.24) is 0 Å². The minimum absolute atomic E-state index is 0.334. The molecule has 0 aliphatic rings. The van der Waals surface area contributed by atoms with Gasteiger partial charge in [0.2, 0.25) is 0 Å². The van der Waals surface area contributed by atoms with Gasteiger partial charge in [-0.2, -0.15) is 0 Å². The average Bonchev–Trinajstić information content (AvgIpc) is 4.15. The number of hydrogen-bond donors (Lipinski definition) is 0. The fourth-order valence-corrected chi connectivity index (χ4v) is 20.3. The zero-order valence-corrected chi connectivity index (χ0v) is 46.5. The third kappa shape index (κ3) is 11.7. The summed E-state index contributed by atoms with van der Waals surface area (Å²) in [6, 6.07) is 30.2. The number of aryl methyl sites for hydroxylation is 2. The van der Waals surface area contributed by atoms with E-state index >= 15 is 9.13 Å². The molecule has 0 amide bonds. The van der Waals surface area contributed by atoms with Crippen LogP contribution in [0.5, 0.6) is 0 Å². The molecule has 0 N–H and O–H groups in total. The van der Waals surface area contributed by atoms with E-state index in [1.165, 1.54) is 39.0 Å². The Kier molecular flexibility index (Phi) is 17.7. The normalized spacial score (nSPS) is 12.3. The van der Waals surface area contributed by atoms with Crippen molar-refractivity contribution in [3.63, 3.8) is 0 Å². The molecule has 0 aliphatic heterocycles. The van der Waals surface area contributed by atoms with E-state index < -0.39 is 15.2 Å². The summed E-state index contributed by atoms with van der Waals surface area (Å²) in [5.74, 6) is 0. The summed E-state index contributed by atoms with van der Waals surface area (Å²) >= 11 is 13.8. The first-order valence-corrected chi connectivity index (χ1v) is 32.3. The fourth-order valence-electron chi connectivity index (χ4n) is 6.96. The molecule has 8 aromatic heterocycles. The van der Waals surface area contributed by atoms with E-state index in [1.54, 1.807) is 68.0 Å². The number of hydrogen-bond acceptors (Lipinski definition) is 14. The molecule has 0 atom stereocenters. The lowest BCUT2D eigenvalue weighted by Gasteiger charge is -2.19. The van der Waals surface area contributed by atoms with Gasteiger partial charge in [-0.25, -0.2) is 0 Å². The van der Waals surface area contributed by atoms with Gasteiger partial charge in [-0.05, 0) is 124 Å². The molecular formula is C50H56O6P2S8. The summed E-state index contributed by atoms with van der Waals surface area (Å²) < 4.78 is 56.1. The predicted octanol–water partition coefficient (Wildman–Crippen LogP) is 19.4. The van der Waals surface area contributed by atoms with Crippen LogP contribution in [0.25, 0.3) is 68.3 Å². The van der Waals surface area contributed by atoms with Gasteiger partial charge < -0.3 is 18.1 Å². The monoisotopic (exact) mass is 1070 g/mol. The zero-order chi connectivity index (χ0) is 46.3. The Hall–Kier alpha value is -2.10. The molecule has 8 aromatic rings. The molecule has 0 aliphatic carbocycles. The number of unbranched alkanes of at least 4 members (excludes halogenated alkanes) is 4. The van der Waals surface area contributed by atoms with Crippen molar-refractivity contribution in [3.05, 3.63) is 94.7 Å². The standard InChI is InChI=1S/C50H56O6P2S8/c1-7-11-27-53-57(51,54-28-12-8-2)35-31-47(65-49(35)45-25-23-43(63-45)41-21-19-39(61-41)37-17-15-33(5)59-37)48-32-36(58(52,55-29-13-9-3)56-30-14-10-4)50(66-48)46-26-24-44(64-46)42-22-20-40(62-42)38-18-16-34(6)60-38/h15-26,31-32H,7-14,27-30H2,1-6H3. The molecule has 0 saturated heterocycles. The molecule has 0 radical (unpaired) electrons. The second-order valence-corrected chi connectivity index (χ2v) is 28.9. The van der Waals surface area contributed by atoms with Gasteiger partial charge in [0.15, 0.2) is 0 Å². The first-order valence-electron chi connectivity index (χ1n) is 22.7. The number of thiophene rings is 8.